The van der Waals surface area contributed by atoms with Gasteiger partial charge in [0.25, 0.3) is 0 Å². The van der Waals surface area contributed by atoms with Crippen LogP contribution < -0.4 is 25.5 Å². The molecule has 1 radical (unpaired) electrons. The maximum Gasteiger partial charge on any atom is 0.0439 e. The van der Waals surface area contributed by atoms with Crippen LogP contribution in [0.5, 0.6) is 0 Å². The van der Waals surface area contributed by atoms with E-state index >= 15 is 0 Å². The first kappa shape index (κ1) is 42.9. The molecule has 0 bridgehead atoms. The van der Waals surface area contributed by atoms with Crippen molar-refractivity contribution in [2.45, 2.75) is 69.2 Å². The summed E-state index contributed by atoms with van der Waals surface area (Å²) in [5.74, 6) is -6.67. The van der Waals surface area contributed by atoms with Crippen molar-refractivity contribution in [2.75, 3.05) is 0 Å². The van der Waals surface area contributed by atoms with E-state index in [2.05, 4.69) is 0 Å². The maximum atomic E-state index is 9.59. The van der Waals surface area contributed by atoms with E-state index in [4.69, 9.17) is 0 Å². The number of carboxylic acids is 5. The smallest absolute Gasteiger partial charge is 0.0439 e. The molecular formula is C20H35O10V-5. The number of carboxylic acid groups (broad SMARTS) is 5. The van der Waals surface area contributed by atoms with Gasteiger partial charge in [0.1, 0.15) is 0 Å². The Morgan fingerprint density at radius 2 is 0.387 bits per heavy atom. The van der Waals surface area contributed by atoms with E-state index < -0.39 is 29.8 Å². The molecule has 31 heavy (non-hydrogen) atoms. The largest absolute Gasteiger partial charge is 0.550 e. The Bertz CT molecular complexity index is 394. The van der Waals surface area contributed by atoms with Crippen LogP contribution in [0.2, 0.25) is 0 Å². The number of aliphatic carboxylic acids is 5. The van der Waals surface area contributed by atoms with Crippen LogP contribution in [0, 0.1) is 29.6 Å². The van der Waals surface area contributed by atoms with Crippen LogP contribution in [0.25, 0.3) is 0 Å². The molecule has 0 aliphatic rings. The van der Waals surface area contributed by atoms with E-state index in [1.165, 1.54) is 0 Å². The molecule has 0 aromatic carbocycles. The van der Waals surface area contributed by atoms with Gasteiger partial charge in [-0.2, -0.15) is 0 Å². The third kappa shape index (κ3) is 58.4. The van der Waals surface area contributed by atoms with Gasteiger partial charge in [0, 0.05) is 48.4 Å². The van der Waals surface area contributed by atoms with Crippen LogP contribution in [0.3, 0.4) is 0 Å². The zero-order chi connectivity index (χ0) is 25.8. The number of carbonyl (C=O) groups excluding carboxylic acids is 5. The molecule has 10 nitrogen and oxygen atoms in total. The molecule has 0 atom stereocenters. The Labute approximate surface area is 196 Å². The van der Waals surface area contributed by atoms with Crippen molar-refractivity contribution in [3.05, 3.63) is 0 Å². The predicted molar refractivity (Wildman–Crippen MR) is 99.2 cm³/mol. The van der Waals surface area contributed by atoms with Gasteiger partial charge in [-0.15, -0.1) is 0 Å². The molecule has 0 aromatic rings. The molecule has 0 rings (SSSR count). The van der Waals surface area contributed by atoms with Crippen molar-refractivity contribution in [1.29, 1.82) is 0 Å². The summed E-state index contributed by atoms with van der Waals surface area (Å²) in [4.78, 5) is 47.9. The summed E-state index contributed by atoms with van der Waals surface area (Å²) in [6, 6.07) is 0. The van der Waals surface area contributed by atoms with E-state index in [1.807, 2.05) is 0 Å². The summed E-state index contributed by atoms with van der Waals surface area (Å²) >= 11 is 0. The zero-order valence-corrected chi connectivity index (χ0v) is 21.3. The molecule has 0 amide bonds. The van der Waals surface area contributed by atoms with Gasteiger partial charge in [-0.1, -0.05) is 69.2 Å². The van der Waals surface area contributed by atoms with Gasteiger partial charge in [-0.25, -0.2) is 0 Å². The van der Waals surface area contributed by atoms with Gasteiger partial charge in [0.05, 0.1) is 0 Å². The first-order valence-corrected chi connectivity index (χ1v) is 9.26. The van der Waals surface area contributed by atoms with Crippen LogP contribution >= 0.6 is 0 Å². The van der Waals surface area contributed by atoms with Gasteiger partial charge in [-0.05, 0) is 29.6 Å². The number of hydrogen-bond donors (Lipinski definition) is 0. The molecule has 0 N–H and O–H groups in total. The van der Waals surface area contributed by atoms with E-state index in [1.54, 1.807) is 69.2 Å². The van der Waals surface area contributed by atoms with Gasteiger partial charge in [0.2, 0.25) is 0 Å². The fourth-order valence-electron chi connectivity index (χ4n) is 0. The normalized spacial score (nSPS) is 8.87. The third-order valence-corrected chi connectivity index (χ3v) is 2.36. The van der Waals surface area contributed by atoms with Crippen molar-refractivity contribution in [3.63, 3.8) is 0 Å². The second-order valence-electron chi connectivity index (χ2n) is 7.37. The minimum atomic E-state index is -0.991. The Kier molecular flexibility index (Phi) is 36.0. The van der Waals surface area contributed by atoms with Crippen LogP contribution in [0.15, 0.2) is 0 Å². The van der Waals surface area contributed by atoms with Crippen molar-refractivity contribution in [2.24, 2.45) is 29.6 Å². The first-order valence-electron chi connectivity index (χ1n) is 9.26. The average molecular weight is 486 g/mol. The minimum absolute atomic E-state index is 0. The fourth-order valence-corrected chi connectivity index (χ4v) is 0. The molecule has 0 fully saturated rings. The summed E-state index contributed by atoms with van der Waals surface area (Å²) in [5, 5.41) is 47.9. The van der Waals surface area contributed by atoms with Gasteiger partial charge in [0.15, 0.2) is 0 Å². The molecule has 0 heterocycles. The summed E-state index contributed by atoms with van der Waals surface area (Å²) in [5.41, 5.74) is 0. The van der Waals surface area contributed by atoms with Gasteiger partial charge < -0.3 is 49.5 Å². The molecule has 185 valence electrons. The molecule has 0 saturated heterocycles. The third-order valence-electron chi connectivity index (χ3n) is 2.36. The van der Waals surface area contributed by atoms with Crippen LogP contribution in [-0.4, -0.2) is 29.8 Å². The first-order chi connectivity index (χ1) is 13.2. The number of carbonyl (C=O) groups is 5. The summed E-state index contributed by atoms with van der Waals surface area (Å²) in [6.07, 6.45) is 0. The number of rotatable bonds is 5. The zero-order valence-electron chi connectivity index (χ0n) is 19.9. The summed E-state index contributed by atoms with van der Waals surface area (Å²) in [6.45, 7) is 15.8. The second kappa shape index (κ2) is 26.0. The molecule has 0 aliphatic carbocycles. The van der Waals surface area contributed by atoms with Crippen LogP contribution in [-0.2, 0) is 42.5 Å². The summed E-state index contributed by atoms with van der Waals surface area (Å²) in [7, 11) is 0. The number of hydrogen-bond acceptors (Lipinski definition) is 10. The Hall–Kier alpha value is -2.07. The molecular weight excluding hydrogens is 451 g/mol. The Morgan fingerprint density at radius 1 is 0.355 bits per heavy atom. The average Bonchev–Trinajstić information content (AvgIpc) is 2.56. The van der Waals surface area contributed by atoms with Gasteiger partial charge >= 0.3 is 0 Å². The van der Waals surface area contributed by atoms with Crippen molar-refractivity contribution in [3.8, 4) is 0 Å². The van der Waals surface area contributed by atoms with Crippen molar-refractivity contribution in [1.82, 2.24) is 0 Å². The quantitative estimate of drug-likeness (QED) is 0.384. The fraction of sp³-hybridized carbons (Fsp3) is 0.750. The van der Waals surface area contributed by atoms with Gasteiger partial charge in [-0.3, -0.25) is 0 Å². The van der Waals surface area contributed by atoms with Crippen molar-refractivity contribution < 1.29 is 68.1 Å². The maximum absolute atomic E-state index is 9.59. The minimum Gasteiger partial charge on any atom is -0.550 e. The SMILES string of the molecule is CC(C)C(=O)[O-].CC(C)C(=O)[O-].CC(C)C(=O)[O-].CC(C)C(=O)[O-].CC(C)C(=O)[O-].[V]. The molecule has 0 aromatic heterocycles. The van der Waals surface area contributed by atoms with E-state index in [0.717, 1.165) is 0 Å². The predicted octanol–water partition coefficient (Wildman–Crippen LogP) is -3.04. The molecule has 0 aliphatic heterocycles. The van der Waals surface area contributed by atoms with Crippen LogP contribution in [0.4, 0.5) is 0 Å². The second-order valence-corrected chi connectivity index (χ2v) is 7.37. The van der Waals surface area contributed by atoms with E-state index in [9.17, 15) is 49.5 Å². The van der Waals surface area contributed by atoms with E-state index in [-0.39, 0.29) is 48.1 Å². The topological polar surface area (TPSA) is 201 Å². The van der Waals surface area contributed by atoms with Crippen LogP contribution in [0.1, 0.15) is 69.2 Å². The molecule has 0 saturated carbocycles. The van der Waals surface area contributed by atoms with Crippen molar-refractivity contribution >= 4 is 29.8 Å². The summed E-state index contributed by atoms with van der Waals surface area (Å²) < 4.78 is 0. The standard InChI is InChI=1S/5C4H8O2.V/c5*1-3(2)4(5)6;/h5*3H,1-2H3,(H,5,6);/p-5. The molecule has 11 heteroatoms. The Balaban J connectivity index is -0.0000000625. The Morgan fingerprint density at radius 3 is 0.387 bits per heavy atom. The molecule has 0 spiro atoms. The van der Waals surface area contributed by atoms with E-state index in [0.29, 0.717) is 0 Å². The molecule has 0 unspecified atom stereocenters. The monoisotopic (exact) mass is 486 g/mol.